The van der Waals surface area contributed by atoms with Crippen molar-refractivity contribution in [1.29, 1.82) is 0 Å². The monoisotopic (exact) mass is 592 g/mol. The highest BCUT2D eigenvalue weighted by atomic mass is 32.2. The SMILES string of the molecule is CCCCN(C)C(=O)NS(=O)(=O)Oc1cccc(-n2nc(C(C)(C)C)cc2NC(=O)Nc2cccc3ccccc23)c1. The zero-order valence-electron chi connectivity index (χ0n) is 24.3. The zero-order valence-corrected chi connectivity index (χ0v) is 25.2. The first-order chi connectivity index (χ1) is 19.9. The van der Waals surface area contributed by atoms with Crippen molar-refractivity contribution in [3.63, 3.8) is 0 Å². The minimum Gasteiger partial charge on any atom is -0.367 e. The van der Waals surface area contributed by atoms with Gasteiger partial charge in [-0.25, -0.2) is 19.0 Å². The summed E-state index contributed by atoms with van der Waals surface area (Å²) >= 11 is 0. The number of hydrogen-bond donors (Lipinski definition) is 3. The Morgan fingerprint density at radius 2 is 1.69 bits per heavy atom. The number of benzene rings is 3. The molecule has 0 radical (unpaired) electrons. The van der Waals surface area contributed by atoms with E-state index in [-0.39, 0.29) is 11.2 Å². The third-order valence-corrected chi connectivity index (χ3v) is 7.27. The van der Waals surface area contributed by atoms with Crippen molar-refractivity contribution >= 4 is 44.6 Å². The molecule has 0 atom stereocenters. The number of anilines is 2. The minimum atomic E-state index is -4.45. The highest BCUT2D eigenvalue weighted by Crippen LogP contribution is 2.29. The standard InChI is InChI=1S/C30H36N6O5S/c1-6-7-18-35(5)29(38)34-42(39,40)41-23-15-11-14-22(19-23)36-27(20-26(33-36)30(2,3)4)32-28(37)31-25-17-10-13-21-12-8-9-16-24(21)25/h8-17,19-20H,6-7,18H2,1-5H3,(H,34,38)(H2,31,32,37). The summed E-state index contributed by atoms with van der Waals surface area (Å²) in [4.78, 5) is 26.7. The van der Waals surface area contributed by atoms with Gasteiger partial charge in [0, 0.05) is 36.5 Å². The molecule has 0 aliphatic heterocycles. The number of hydrogen-bond acceptors (Lipinski definition) is 6. The maximum atomic E-state index is 13.1. The third-order valence-electron chi connectivity index (χ3n) is 6.43. The molecule has 0 aliphatic carbocycles. The maximum absolute atomic E-state index is 13.1. The van der Waals surface area contributed by atoms with Crippen LogP contribution in [0, 0.1) is 0 Å². The number of nitrogens with zero attached hydrogens (tertiary/aromatic N) is 3. The molecular weight excluding hydrogens is 556 g/mol. The number of aromatic nitrogens is 2. The van der Waals surface area contributed by atoms with Gasteiger partial charge in [0.05, 0.1) is 17.1 Å². The second-order valence-electron chi connectivity index (χ2n) is 10.9. The molecule has 3 aromatic carbocycles. The summed E-state index contributed by atoms with van der Waals surface area (Å²) in [6.45, 7) is 8.36. The summed E-state index contributed by atoms with van der Waals surface area (Å²) in [5.74, 6) is 0.325. The van der Waals surface area contributed by atoms with Crippen LogP contribution in [-0.2, 0) is 15.7 Å². The first kappa shape index (κ1) is 30.4. The van der Waals surface area contributed by atoms with Gasteiger partial charge in [0.25, 0.3) is 0 Å². The molecule has 4 amide bonds. The normalized spacial score (nSPS) is 11.6. The molecule has 0 bridgehead atoms. The predicted octanol–water partition coefficient (Wildman–Crippen LogP) is 6.03. The van der Waals surface area contributed by atoms with E-state index in [1.54, 1.807) is 18.2 Å². The molecule has 12 heteroatoms. The van der Waals surface area contributed by atoms with Gasteiger partial charge in [-0.15, -0.1) is 0 Å². The lowest BCUT2D eigenvalue weighted by molar-refractivity contribution is 0.213. The van der Waals surface area contributed by atoms with Crippen LogP contribution in [0.4, 0.5) is 21.1 Å². The predicted molar refractivity (Wildman–Crippen MR) is 164 cm³/mol. The molecule has 3 N–H and O–H groups in total. The molecule has 0 aliphatic rings. The Balaban J connectivity index is 1.57. The average molecular weight is 593 g/mol. The van der Waals surface area contributed by atoms with E-state index in [9.17, 15) is 18.0 Å². The van der Waals surface area contributed by atoms with Gasteiger partial charge in [0.1, 0.15) is 11.6 Å². The summed E-state index contributed by atoms with van der Waals surface area (Å²) in [5, 5.41) is 12.4. The Kier molecular flexibility index (Phi) is 9.05. The fourth-order valence-corrected chi connectivity index (χ4v) is 4.90. The topological polar surface area (TPSA) is 135 Å². The lowest BCUT2D eigenvalue weighted by Gasteiger charge is -2.17. The third kappa shape index (κ3) is 7.58. The average Bonchev–Trinajstić information content (AvgIpc) is 3.36. The van der Waals surface area contributed by atoms with Crippen molar-refractivity contribution < 1.29 is 22.2 Å². The molecule has 0 fully saturated rings. The number of urea groups is 2. The maximum Gasteiger partial charge on any atom is 0.411 e. The second-order valence-corrected chi connectivity index (χ2v) is 12.2. The first-order valence-electron chi connectivity index (χ1n) is 13.6. The van der Waals surface area contributed by atoms with E-state index in [1.807, 2.05) is 74.9 Å². The molecular formula is C30H36N6O5S. The molecule has 0 spiro atoms. The molecule has 1 aromatic heterocycles. The zero-order chi connectivity index (χ0) is 30.5. The van der Waals surface area contributed by atoms with Gasteiger partial charge in [-0.05, 0) is 30.0 Å². The van der Waals surface area contributed by atoms with Crippen molar-refractivity contribution in [2.45, 2.75) is 46.0 Å². The number of rotatable bonds is 9. The Morgan fingerprint density at radius 1 is 0.976 bits per heavy atom. The summed E-state index contributed by atoms with van der Waals surface area (Å²) in [6, 6.07) is 20.1. The Hall–Kier alpha value is -4.58. The molecule has 0 saturated carbocycles. The number of amides is 4. The van der Waals surface area contributed by atoms with Gasteiger partial charge >= 0.3 is 22.4 Å². The lowest BCUT2D eigenvalue weighted by atomic mass is 9.92. The Labute approximate surface area is 246 Å². The van der Waals surface area contributed by atoms with Crippen molar-refractivity contribution in [3.8, 4) is 11.4 Å². The number of carbonyl (C=O) groups is 2. The lowest BCUT2D eigenvalue weighted by Crippen LogP contribution is -2.42. The fraction of sp³-hybridized carbons (Fsp3) is 0.300. The Bertz CT molecular complexity index is 1690. The van der Waals surface area contributed by atoms with Crippen LogP contribution in [0.25, 0.3) is 16.5 Å². The molecule has 222 valence electrons. The minimum absolute atomic E-state index is 0.0389. The van der Waals surface area contributed by atoms with Crippen molar-refractivity contribution in [2.24, 2.45) is 0 Å². The molecule has 0 unspecified atom stereocenters. The molecule has 0 saturated heterocycles. The van der Waals surface area contributed by atoms with Gasteiger partial charge in [0.2, 0.25) is 0 Å². The van der Waals surface area contributed by atoms with Gasteiger partial charge < -0.3 is 14.4 Å². The van der Waals surface area contributed by atoms with Gasteiger partial charge in [-0.1, -0.05) is 76.6 Å². The summed E-state index contributed by atoms with van der Waals surface area (Å²) < 4.78 is 33.8. The van der Waals surface area contributed by atoms with Crippen LogP contribution in [-0.4, -0.2) is 48.8 Å². The van der Waals surface area contributed by atoms with E-state index in [1.165, 1.54) is 28.8 Å². The van der Waals surface area contributed by atoms with Gasteiger partial charge in [-0.2, -0.15) is 13.5 Å². The number of carbonyl (C=O) groups excluding carboxylic acids is 2. The molecule has 11 nitrogen and oxygen atoms in total. The van der Waals surface area contributed by atoms with E-state index < -0.39 is 22.4 Å². The molecule has 4 aromatic rings. The van der Waals surface area contributed by atoms with Crippen molar-refractivity contribution in [3.05, 3.63) is 78.5 Å². The van der Waals surface area contributed by atoms with Crippen molar-refractivity contribution in [2.75, 3.05) is 24.2 Å². The van der Waals surface area contributed by atoms with Crippen molar-refractivity contribution in [1.82, 2.24) is 19.4 Å². The van der Waals surface area contributed by atoms with E-state index >= 15 is 0 Å². The summed E-state index contributed by atoms with van der Waals surface area (Å²) in [5.41, 5.74) is 1.43. The first-order valence-corrected chi connectivity index (χ1v) is 15.0. The Morgan fingerprint density at radius 3 is 2.43 bits per heavy atom. The largest absolute Gasteiger partial charge is 0.411 e. The molecule has 1 heterocycles. The van der Waals surface area contributed by atoms with E-state index in [2.05, 4.69) is 10.6 Å². The van der Waals surface area contributed by atoms with Crippen LogP contribution >= 0.6 is 0 Å². The van der Waals surface area contributed by atoms with E-state index in [4.69, 9.17) is 9.28 Å². The van der Waals surface area contributed by atoms with Crippen LogP contribution in [0.15, 0.2) is 72.8 Å². The number of unbranched alkanes of at least 4 members (excludes halogenated alkanes) is 1. The van der Waals surface area contributed by atoms with Crippen LogP contribution in [0.3, 0.4) is 0 Å². The summed E-state index contributed by atoms with van der Waals surface area (Å²) in [7, 11) is -2.94. The van der Waals surface area contributed by atoms with Crippen LogP contribution in [0.1, 0.15) is 46.2 Å². The second kappa shape index (κ2) is 12.5. The number of nitrogens with one attached hydrogen (secondary N) is 3. The van der Waals surface area contributed by atoms with E-state index in [0.717, 1.165) is 23.6 Å². The van der Waals surface area contributed by atoms with Crippen LogP contribution < -0.4 is 19.5 Å². The molecule has 4 rings (SSSR count). The highest BCUT2D eigenvalue weighted by molar-refractivity contribution is 7.85. The summed E-state index contributed by atoms with van der Waals surface area (Å²) in [6.07, 6.45) is 1.60. The molecule has 42 heavy (non-hydrogen) atoms. The fourth-order valence-electron chi connectivity index (χ4n) is 4.13. The van der Waals surface area contributed by atoms with Crippen LogP contribution in [0.5, 0.6) is 5.75 Å². The van der Waals surface area contributed by atoms with Gasteiger partial charge in [0.15, 0.2) is 0 Å². The quantitative estimate of drug-likeness (QED) is 0.217. The van der Waals surface area contributed by atoms with Gasteiger partial charge in [-0.3, -0.25) is 5.32 Å². The van der Waals surface area contributed by atoms with E-state index in [0.29, 0.717) is 29.4 Å². The number of fused-ring (bicyclic) bond motifs is 1. The van der Waals surface area contributed by atoms with Crippen LogP contribution in [0.2, 0.25) is 0 Å². The smallest absolute Gasteiger partial charge is 0.367 e. The highest BCUT2D eigenvalue weighted by Gasteiger charge is 2.23.